The molecular weight excluding hydrogens is 307 g/mol. The normalized spacial score (nSPS) is 14.4. The number of ketones is 1. The molecule has 1 aliphatic rings. The average Bonchev–Trinajstić information content (AvgIpc) is 2.85. The highest BCUT2D eigenvalue weighted by Crippen LogP contribution is 2.29. The van der Waals surface area contributed by atoms with Crippen LogP contribution in [0.3, 0.4) is 0 Å². The van der Waals surface area contributed by atoms with E-state index >= 15 is 0 Å². The van der Waals surface area contributed by atoms with E-state index in [0.717, 1.165) is 12.8 Å². The van der Waals surface area contributed by atoms with Crippen molar-refractivity contribution in [2.75, 3.05) is 0 Å². The van der Waals surface area contributed by atoms with Crippen molar-refractivity contribution in [3.05, 3.63) is 69.4 Å². The summed E-state index contributed by atoms with van der Waals surface area (Å²) in [6.07, 6.45) is 1.56. The van der Waals surface area contributed by atoms with Gasteiger partial charge in [0.2, 0.25) is 0 Å². The van der Waals surface area contributed by atoms with Gasteiger partial charge in [0, 0.05) is 11.5 Å². The zero-order valence-corrected chi connectivity index (χ0v) is 11.8. The zero-order valence-electron chi connectivity index (χ0n) is 10.2. The Kier molecular flexibility index (Phi) is 3.23. The molecule has 0 amide bonds. The monoisotopic (exact) mass is 318 g/mol. The summed E-state index contributed by atoms with van der Waals surface area (Å²) in [4.78, 5) is 12.4. The maximum Gasteiger partial charge on any atom is 0.166 e. The van der Waals surface area contributed by atoms with Gasteiger partial charge in [-0.3, -0.25) is 4.79 Å². The molecule has 0 bridgehead atoms. The second-order valence-corrected chi connectivity index (χ2v) is 5.72. The molecule has 19 heavy (non-hydrogen) atoms. The Hall–Kier alpha value is -1.48. The van der Waals surface area contributed by atoms with Gasteiger partial charge in [-0.2, -0.15) is 0 Å². The van der Waals surface area contributed by atoms with E-state index < -0.39 is 0 Å². The molecule has 1 aliphatic carbocycles. The summed E-state index contributed by atoms with van der Waals surface area (Å²) in [5.74, 6) is -0.266. The van der Waals surface area contributed by atoms with E-state index in [0.29, 0.717) is 10.0 Å². The van der Waals surface area contributed by atoms with Gasteiger partial charge < -0.3 is 0 Å². The summed E-state index contributed by atoms with van der Waals surface area (Å²) >= 11 is 3.12. The largest absolute Gasteiger partial charge is 0.294 e. The highest BCUT2D eigenvalue weighted by molar-refractivity contribution is 9.10. The number of benzene rings is 2. The standard InChI is InChI=1S/C16H12BrFO/c17-14-9-12(5-6-15(14)18)16(19)13-7-10-3-1-2-4-11(10)8-13/h1-6,9,13H,7-8H2. The molecular formula is C16H12BrFO. The predicted molar refractivity (Wildman–Crippen MR) is 75.8 cm³/mol. The third-order valence-electron chi connectivity index (χ3n) is 3.63. The predicted octanol–water partition coefficient (Wildman–Crippen LogP) is 4.19. The maximum atomic E-state index is 13.2. The van der Waals surface area contributed by atoms with Gasteiger partial charge in [-0.15, -0.1) is 0 Å². The number of rotatable bonds is 2. The van der Waals surface area contributed by atoms with Crippen LogP contribution in [0.25, 0.3) is 0 Å². The number of carbonyl (C=O) groups excluding carboxylic acids is 1. The van der Waals surface area contributed by atoms with Gasteiger partial charge in [0.05, 0.1) is 4.47 Å². The van der Waals surface area contributed by atoms with Gasteiger partial charge in [0.25, 0.3) is 0 Å². The molecule has 0 heterocycles. The topological polar surface area (TPSA) is 17.1 Å². The van der Waals surface area contributed by atoms with E-state index in [9.17, 15) is 9.18 Å². The van der Waals surface area contributed by atoms with Crippen LogP contribution in [0, 0.1) is 11.7 Å². The number of halogens is 2. The Morgan fingerprint density at radius 3 is 2.32 bits per heavy atom. The van der Waals surface area contributed by atoms with Crippen molar-refractivity contribution in [2.45, 2.75) is 12.8 Å². The lowest BCUT2D eigenvalue weighted by atomic mass is 9.95. The van der Waals surface area contributed by atoms with Crippen LogP contribution in [-0.2, 0) is 12.8 Å². The first kappa shape index (κ1) is 12.5. The summed E-state index contributed by atoms with van der Waals surface area (Å²) in [5.41, 5.74) is 3.08. The minimum Gasteiger partial charge on any atom is -0.294 e. The minimum atomic E-state index is -0.341. The highest BCUT2D eigenvalue weighted by Gasteiger charge is 2.27. The minimum absolute atomic E-state index is 0.0187. The number of Topliss-reactive ketones (excluding diaryl/α,β-unsaturated/α-hetero) is 1. The fraction of sp³-hybridized carbons (Fsp3) is 0.188. The van der Waals surface area contributed by atoms with E-state index in [1.165, 1.54) is 17.2 Å². The van der Waals surface area contributed by atoms with Crippen molar-refractivity contribution >= 4 is 21.7 Å². The van der Waals surface area contributed by atoms with Crippen molar-refractivity contribution in [3.8, 4) is 0 Å². The second kappa shape index (κ2) is 4.89. The Morgan fingerprint density at radius 1 is 1.11 bits per heavy atom. The number of hydrogen-bond acceptors (Lipinski definition) is 1. The van der Waals surface area contributed by atoms with Crippen LogP contribution >= 0.6 is 15.9 Å². The average molecular weight is 319 g/mol. The van der Waals surface area contributed by atoms with Gasteiger partial charge >= 0.3 is 0 Å². The van der Waals surface area contributed by atoms with Gasteiger partial charge in [-0.05, 0) is 58.1 Å². The number of fused-ring (bicyclic) bond motifs is 1. The highest BCUT2D eigenvalue weighted by atomic mass is 79.9. The number of carbonyl (C=O) groups is 1. The quantitative estimate of drug-likeness (QED) is 0.759. The van der Waals surface area contributed by atoms with Crippen molar-refractivity contribution < 1.29 is 9.18 Å². The summed E-state index contributed by atoms with van der Waals surface area (Å²) in [6.45, 7) is 0. The molecule has 3 heteroatoms. The molecule has 0 fully saturated rings. The van der Waals surface area contributed by atoms with E-state index in [2.05, 4.69) is 28.1 Å². The first-order valence-corrected chi connectivity index (χ1v) is 7.00. The molecule has 0 atom stereocenters. The lowest BCUT2D eigenvalue weighted by Gasteiger charge is -2.08. The maximum absolute atomic E-state index is 13.2. The molecule has 0 spiro atoms. The molecule has 0 N–H and O–H groups in total. The van der Waals surface area contributed by atoms with E-state index in [1.54, 1.807) is 12.1 Å². The van der Waals surface area contributed by atoms with E-state index in [1.807, 2.05) is 12.1 Å². The van der Waals surface area contributed by atoms with Crippen LogP contribution in [0.15, 0.2) is 46.9 Å². The Labute approximate surface area is 119 Å². The van der Waals surface area contributed by atoms with Crippen molar-refractivity contribution in [1.82, 2.24) is 0 Å². The third-order valence-corrected chi connectivity index (χ3v) is 4.23. The zero-order chi connectivity index (χ0) is 13.4. The summed E-state index contributed by atoms with van der Waals surface area (Å²) in [5, 5.41) is 0. The fourth-order valence-corrected chi connectivity index (χ4v) is 3.01. The smallest absolute Gasteiger partial charge is 0.166 e. The lowest BCUT2D eigenvalue weighted by molar-refractivity contribution is 0.0924. The van der Waals surface area contributed by atoms with Crippen LogP contribution in [0.2, 0.25) is 0 Å². The molecule has 0 aliphatic heterocycles. The molecule has 2 aromatic carbocycles. The molecule has 3 rings (SSSR count). The molecule has 2 aromatic rings. The molecule has 0 aromatic heterocycles. The molecule has 0 unspecified atom stereocenters. The summed E-state index contributed by atoms with van der Waals surface area (Å²) in [6, 6.07) is 12.6. The molecule has 0 radical (unpaired) electrons. The van der Waals surface area contributed by atoms with Crippen LogP contribution in [0.1, 0.15) is 21.5 Å². The van der Waals surface area contributed by atoms with Crippen molar-refractivity contribution in [2.24, 2.45) is 5.92 Å². The van der Waals surface area contributed by atoms with Crippen LogP contribution < -0.4 is 0 Å². The third kappa shape index (κ3) is 2.35. The Bertz CT molecular complexity index is 626. The summed E-state index contributed by atoms with van der Waals surface area (Å²) in [7, 11) is 0. The van der Waals surface area contributed by atoms with Crippen LogP contribution in [-0.4, -0.2) is 5.78 Å². The molecule has 0 saturated carbocycles. The van der Waals surface area contributed by atoms with E-state index in [-0.39, 0.29) is 17.5 Å². The van der Waals surface area contributed by atoms with Gasteiger partial charge in [0.15, 0.2) is 5.78 Å². The van der Waals surface area contributed by atoms with Crippen LogP contribution in [0.4, 0.5) is 4.39 Å². The summed E-state index contributed by atoms with van der Waals surface area (Å²) < 4.78 is 13.5. The molecule has 96 valence electrons. The molecule has 1 nitrogen and oxygen atoms in total. The van der Waals surface area contributed by atoms with E-state index in [4.69, 9.17) is 0 Å². The number of hydrogen-bond donors (Lipinski definition) is 0. The lowest BCUT2D eigenvalue weighted by Crippen LogP contribution is -2.15. The second-order valence-electron chi connectivity index (χ2n) is 4.87. The Morgan fingerprint density at radius 2 is 1.74 bits per heavy atom. The first-order chi connectivity index (χ1) is 9.15. The first-order valence-electron chi connectivity index (χ1n) is 6.21. The van der Waals surface area contributed by atoms with Gasteiger partial charge in [-0.1, -0.05) is 24.3 Å². The van der Waals surface area contributed by atoms with Gasteiger partial charge in [-0.25, -0.2) is 4.39 Å². The fourth-order valence-electron chi connectivity index (χ4n) is 2.63. The molecule has 0 saturated heterocycles. The SMILES string of the molecule is O=C(c1ccc(F)c(Br)c1)C1Cc2ccccc2C1. The van der Waals surface area contributed by atoms with Gasteiger partial charge in [0.1, 0.15) is 5.82 Å². The van der Waals surface area contributed by atoms with Crippen molar-refractivity contribution in [3.63, 3.8) is 0 Å². The van der Waals surface area contributed by atoms with Crippen LogP contribution in [0.5, 0.6) is 0 Å². The van der Waals surface area contributed by atoms with Crippen molar-refractivity contribution in [1.29, 1.82) is 0 Å². The Balaban J connectivity index is 1.85.